The number of aryl methyl sites for hydroxylation is 1. The monoisotopic (exact) mass is 351 g/mol. The molecule has 0 unspecified atom stereocenters. The van der Waals surface area contributed by atoms with Gasteiger partial charge in [0.2, 0.25) is 11.8 Å². The summed E-state index contributed by atoms with van der Waals surface area (Å²) in [5.74, 6) is 1.46. The van der Waals surface area contributed by atoms with Crippen LogP contribution in [0.3, 0.4) is 0 Å². The molecule has 1 aromatic rings. The summed E-state index contributed by atoms with van der Waals surface area (Å²) in [4.78, 5) is 26.9. The lowest BCUT2D eigenvalue weighted by molar-refractivity contribution is -0.131. The summed E-state index contributed by atoms with van der Waals surface area (Å²) in [5, 5.41) is 6.16. The number of carbonyl (C=O) groups is 2. The predicted octanol–water partition coefficient (Wildman–Crippen LogP) is 2.98. The van der Waals surface area contributed by atoms with Crippen LogP contribution in [0.5, 0.6) is 0 Å². The van der Waals surface area contributed by atoms with Crippen molar-refractivity contribution in [3.63, 3.8) is 0 Å². The van der Waals surface area contributed by atoms with Gasteiger partial charge in [-0.05, 0) is 39.5 Å². The molecule has 1 atom stereocenters. The average molecular weight is 351 g/mol. The number of carbonyl (C=O) groups excluding carboxylic acids is 2. The molecule has 0 aromatic carbocycles. The van der Waals surface area contributed by atoms with Gasteiger partial charge in [-0.2, -0.15) is 0 Å². The Balaban J connectivity index is 1.48. The molecule has 1 aromatic heterocycles. The van der Waals surface area contributed by atoms with Crippen LogP contribution >= 0.6 is 11.8 Å². The Bertz CT molecular complexity index is 594. The fraction of sp³-hybridized carbons (Fsp3) is 0.706. The largest absolute Gasteiger partial charge is 0.360 e. The topological polar surface area (TPSA) is 75.4 Å². The Kier molecular flexibility index (Phi) is 5.48. The maximum Gasteiger partial charge on any atom is 0.238 e. The maximum absolute atomic E-state index is 12.6. The van der Waals surface area contributed by atoms with E-state index in [4.69, 9.17) is 4.52 Å². The Morgan fingerprint density at radius 2 is 2.00 bits per heavy atom. The predicted molar refractivity (Wildman–Crippen MR) is 93.9 cm³/mol. The summed E-state index contributed by atoms with van der Waals surface area (Å²) in [7, 11) is 0. The minimum atomic E-state index is -0.310. The summed E-state index contributed by atoms with van der Waals surface area (Å²) in [6.45, 7) is 3.59. The van der Waals surface area contributed by atoms with Crippen LogP contribution in [0.4, 0.5) is 5.82 Å². The van der Waals surface area contributed by atoms with Gasteiger partial charge in [-0.25, -0.2) is 0 Å². The lowest BCUT2D eigenvalue weighted by Crippen LogP contribution is -2.42. The van der Waals surface area contributed by atoms with Crippen LogP contribution in [-0.2, 0) is 9.59 Å². The molecule has 0 spiro atoms. The highest BCUT2D eigenvalue weighted by molar-refractivity contribution is 8.01. The number of nitrogens with zero attached hydrogens (tertiary/aromatic N) is 2. The van der Waals surface area contributed by atoms with Gasteiger partial charge in [0.05, 0.1) is 11.0 Å². The molecule has 0 bridgehead atoms. The Hall–Kier alpha value is -1.50. The Morgan fingerprint density at radius 3 is 2.58 bits per heavy atom. The first-order chi connectivity index (χ1) is 11.5. The molecule has 2 amide bonds. The number of amides is 2. The molecule has 24 heavy (non-hydrogen) atoms. The third kappa shape index (κ3) is 4.32. The number of anilines is 1. The van der Waals surface area contributed by atoms with E-state index in [0.29, 0.717) is 29.4 Å². The normalized spacial score (nSPS) is 19.2. The van der Waals surface area contributed by atoms with Gasteiger partial charge >= 0.3 is 0 Å². The molecule has 6 nitrogen and oxygen atoms in total. The van der Waals surface area contributed by atoms with Crippen molar-refractivity contribution in [1.82, 2.24) is 10.1 Å². The number of thioether (sulfide) groups is 1. The third-order valence-corrected chi connectivity index (χ3v) is 5.78. The molecular formula is C17H25N3O3S. The molecule has 1 N–H and O–H groups in total. The molecule has 2 aliphatic carbocycles. The van der Waals surface area contributed by atoms with Crippen LogP contribution in [0.2, 0.25) is 0 Å². The second kappa shape index (κ2) is 7.59. The lowest BCUT2D eigenvalue weighted by Gasteiger charge is -2.29. The number of aromatic nitrogens is 1. The number of hydrogen-bond donors (Lipinski definition) is 1. The van der Waals surface area contributed by atoms with Gasteiger partial charge in [0.15, 0.2) is 5.82 Å². The van der Waals surface area contributed by atoms with E-state index in [1.807, 2.05) is 6.92 Å². The molecule has 1 heterocycles. The van der Waals surface area contributed by atoms with Crippen LogP contribution in [0.1, 0.15) is 51.2 Å². The number of nitrogens with one attached hydrogen (secondary N) is 1. The van der Waals surface area contributed by atoms with Gasteiger partial charge in [0.25, 0.3) is 0 Å². The average Bonchev–Trinajstić information content (AvgIpc) is 3.06. The molecule has 0 radical (unpaired) electrons. The first-order valence-electron chi connectivity index (χ1n) is 8.71. The zero-order chi connectivity index (χ0) is 17.1. The first kappa shape index (κ1) is 17.3. The van der Waals surface area contributed by atoms with E-state index in [9.17, 15) is 9.59 Å². The van der Waals surface area contributed by atoms with Crippen molar-refractivity contribution in [3.8, 4) is 0 Å². The second-order valence-electron chi connectivity index (χ2n) is 6.74. The van der Waals surface area contributed by atoms with Crippen molar-refractivity contribution in [2.24, 2.45) is 0 Å². The number of rotatable bonds is 7. The zero-order valence-electron chi connectivity index (χ0n) is 14.3. The quantitative estimate of drug-likeness (QED) is 0.817. The first-order valence-corrected chi connectivity index (χ1v) is 9.76. The van der Waals surface area contributed by atoms with E-state index in [0.717, 1.165) is 25.7 Å². The van der Waals surface area contributed by atoms with Gasteiger partial charge in [0.1, 0.15) is 5.76 Å². The summed E-state index contributed by atoms with van der Waals surface area (Å²) in [5.41, 5.74) is 0. The Labute approximate surface area is 146 Å². The fourth-order valence-electron chi connectivity index (χ4n) is 3.24. The van der Waals surface area contributed by atoms with Crippen molar-refractivity contribution < 1.29 is 14.1 Å². The van der Waals surface area contributed by atoms with Crippen molar-refractivity contribution in [2.45, 2.75) is 69.7 Å². The van der Waals surface area contributed by atoms with Crippen molar-refractivity contribution in [1.29, 1.82) is 0 Å². The zero-order valence-corrected chi connectivity index (χ0v) is 15.1. The van der Waals surface area contributed by atoms with Crippen LogP contribution in [0.25, 0.3) is 0 Å². The molecule has 0 aliphatic heterocycles. The molecule has 2 aliphatic rings. The molecule has 132 valence electrons. The highest BCUT2D eigenvalue weighted by atomic mass is 32.2. The summed E-state index contributed by atoms with van der Waals surface area (Å²) >= 11 is 1.39. The minimum Gasteiger partial charge on any atom is -0.360 e. The molecule has 2 saturated carbocycles. The maximum atomic E-state index is 12.6. The third-order valence-electron chi connectivity index (χ3n) is 4.65. The smallest absolute Gasteiger partial charge is 0.238 e. The van der Waals surface area contributed by atoms with E-state index >= 15 is 0 Å². The number of hydrogen-bond acceptors (Lipinski definition) is 5. The Morgan fingerprint density at radius 1 is 1.33 bits per heavy atom. The van der Waals surface area contributed by atoms with Crippen LogP contribution in [-0.4, -0.2) is 45.0 Å². The van der Waals surface area contributed by atoms with Gasteiger partial charge in [-0.15, -0.1) is 11.8 Å². The van der Waals surface area contributed by atoms with E-state index in [-0.39, 0.29) is 17.1 Å². The van der Waals surface area contributed by atoms with Crippen LogP contribution in [0, 0.1) is 6.92 Å². The highest BCUT2D eigenvalue weighted by Gasteiger charge is 2.38. The molecule has 3 rings (SSSR count). The van der Waals surface area contributed by atoms with Crippen LogP contribution in [0.15, 0.2) is 10.6 Å². The van der Waals surface area contributed by atoms with Gasteiger partial charge in [-0.1, -0.05) is 18.0 Å². The summed E-state index contributed by atoms with van der Waals surface area (Å²) in [6.07, 6.45) is 6.99. The molecule has 2 fully saturated rings. The fourth-order valence-corrected chi connectivity index (χ4v) is 3.99. The van der Waals surface area contributed by atoms with Crippen molar-refractivity contribution >= 4 is 29.4 Å². The summed E-state index contributed by atoms with van der Waals surface area (Å²) in [6, 6.07) is 2.55. The highest BCUT2D eigenvalue weighted by Crippen LogP contribution is 2.35. The van der Waals surface area contributed by atoms with Gasteiger partial charge in [0, 0.05) is 18.2 Å². The van der Waals surface area contributed by atoms with Crippen LogP contribution < -0.4 is 5.32 Å². The van der Waals surface area contributed by atoms with E-state index in [1.165, 1.54) is 24.6 Å². The SMILES string of the molecule is Cc1cc(NC(=O)[C@H](C)SCC(=O)N(C2CCCC2)C2CC2)no1. The lowest BCUT2D eigenvalue weighted by atomic mass is 10.2. The molecular weight excluding hydrogens is 326 g/mol. The standard InChI is InChI=1S/C17H25N3O3S/c1-11-9-15(19-23-11)18-17(22)12(2)24-10-16(21)20(14-7-8-14)13-5-3-4-6-13/h9,12-14H,3-8,10H2,1-2H3,(H,18,19,22)/t12-/m0/s1. The molecule has 7 heteroatoms. The van der Waals surface area contributed by atoms with E-state index in [2.05, 4.69) is 15.4 Å². The van der Waals surface area contributed by atoms with E-state index < -0.39 is 0 Å². The molecule has 0 saturated heterocycles. The van der Waals surface area contributed by atoms with Gasteiger partial charge in [-0.3, -0.25) is 9.59 Å². The van der Waals surface area contributed by atoms with Gasteiger partial charge < -0.3 is 14.7 Å². The van der Waals surface area contributed by atoms with E-state index in [1.54, 1.807) is 13.0 Å². The van der Waals surface area contributed by atoms with Crippen molar-refractivity contribution in [2.75, 3.05) is 11.1 Å². The second-order valence-corrected chi connectivity index (χ2v) is 8.06. The minimum absolute atomic E-state index is 0.153. The summed E-state index contributed by atoms with van der Waals surface area (Å²) < 4.78 is 4.93. The van der Waals surface area contributed by atoms with Crippen molar-refractivity contribution in [3.05, 3.63) is 11.8 Å².